The van der Waals surface area contributed by atoms with Crippen LogP contribution >= 0.6 is 11.8 Å². The number of hydrogen-bond donors (Lipinski definition) is 1. The number of rotatable bonds is 7. The number of nitrogens with two attached hydrogens (primary N) is 1. The van der Waals surface area contributed by atoms with Gasteiger partial charge in [0.2, 0.25) is 5.91 Å². The molecule has 0 heterocycles. The van der Waals surface area contributed by atoms with Crippen LogP contribution in [0.3, 0.4) is 0 Å². The minimum absolute atomic E-state index is 0.0263. The molecule has 0 saturated heterocycles. The highest BCUT2D eigenvalue weighted by atomic mass is 32.2. The summed E-state index contributed by atoms with van der Waals surface area (Å²) in [5.41, 5.74) is 6.51. The molecule has 2 N–H and O–H groups in total. The summed E-state index contributed by atoms with van der Waals surface area (Å²) in [6.07, 6.45) is 0. The molecule has 1 atom stereocenters. The summed E-state index contributed by atoms with van der Waals surface area (Å²) in [6.45, 7) is 2.74. The number of para-hydroxylation sites is 1. The molecule has 0 aliphatic rings. The highest BCUT2D eigenvalue weighted by Gasteiger charge is 2.20. The van der Waals surface area contributed by atoms with Gasteiger partial charge in [0.05, 0.1) is 0 Å². The van der Waals surface area contributed by atoms with Crippen LogP contribution in [0.25, 0.3) is 0 Å². The molecule has 0 fully saturated rings. The maximum absolute atomic E-state index is 12.9. The van der Waals surface area contributed by atoms with Gasteiger partial charge >= 0.3 is 0 Å². The molecule has 2 rings (SSSR count). The normalized spacial score (nSPS) is 12.0. The Morgan fingerprint density at radius 1 is 1.17 bits per heavy atom. The number of hydrogen-bond acceptors (Lipinski definition) is 3. The van der Waals surface area contributed by atoms with Crippen molar-refractivity contribution in [1.29, 1.82) is 0 Å². The van der Waals surface area contributed by atoms with E-state index in [0.717, 1.165) is 16.3 Å². The van der Waals surface area contributed by atoms with Crippen molar-refractivity contribution >= 4 is 23.4 Å². The second-order valence-electron chi connectivity index (χ2n) is 5.26. The standard InChI is InChI=1S/C18H21FN2OS/c1-14(13-20)18(22)21(16-5-3-2-4-6-16)11-12-23-17-9-7-15(19)8-10-17/h2-10,14H,11-13,20H2,1H3. The number of nitrogens with zero attached hydrogens (tertiary/aromatic N) is 1. The van der Waals surface area contributed by atoms with Crippen molar-refractivity contribution in [3.8, 4) is 0 Å². The molecule has 0 radical (unpaired) electrons. The van der Waals surface area contributed by atoms with Gasteiger partial charge < -0.3 is 10.6 Å². The van der Waals surface area contributed by atoms with Gasteiger partial charge in [0.15, 0.2) is 0 Å². The van der Waals surface area contributed by atoms with Crippen molar-refractivity contribution in [3.05, 3.63) is 60.4 Å². The smallest absolute Gasteiger partial charge is 0.231 e. The fraction of sp³-hybridized carbons (Fsp3) is 0.278. The van der Waals surface area contributed by atoms with E-state index in [1.54, 1.807) is 28.8 Å². The van der Waals surface area contributed by atoms with Crippen molar-refractivity contribution in [2.75, 3.05) is 23.7 Å². The first-order valence-electron chi connectivity index (χ1n) is 7.56. The maximum atomic E-state index is 12.9. The van der Waals surface area contributed by atoms with E-state index >= 15 is 0 Å². The first-order valence-corrected chi connectivity index (χ1v) is 8.55. The second kappa shape index (κ2) is 8.70. The first kappa shape index (κ1) is 17.5. The first-order chi connectivity index (χ1) is 11.1. The lowest BCUT2D eigenvalue weighted by Crippen LogP contribution is -2.39. The van der Waals surface area contributed by atoms with Gasteiger partial charge in [-0.2, -0.15) is 0 Å². The fourth-order valence-corrected chi connectivity index (χ4v) is 2.97. The summed E-state index contributed by atoms with van der Waals surface area (Å²) >= 11 is 1.60. The van der Waals surface area contributed by atoms with Crippen molar-refractivity contribution in [3.63, 3.8) is 0 Å². The Labute approximate surface area is 140 Å². The average molecular weight is 332 g/mol. The van der Waals surface area contributed by atoms with Crippen molar-refractivity contribution in [2.24, 2.45) is 11.7 Å². The van der Waals surface area contributed by atoms with Gasteiger partial charge in [0.25, 0.3) is 0 Å². The predicted molar refractivity (Wildman–Crippen MR) is 94.1 cm³/mol. The van der Waals surface area contributed by atoms with Crippen LogP contribution < -0.4 is 10.6 Å². The molecule has 2 aromatic rings. The van der Waals surface area contributed by atoms with Gasteiger partial charge in [0.1, 0.15) is 5.82 Å². The lowest BCUT2D eigenvalue weighted by Gasteiger charge is -2.25. The maximum Gasteiger partial charge on any atom is 0.231 e. The van der Waals surface area contributed by atoms with Crippen LogP contribution in [0, 0.1) is 11.7 Å². The number of carbonyl (C=O) groups is 1. The average Bonchev–Trinajstić information content (AvgIpc) is 2.60. The van der Waals surface area contributed by atoms with Gasteiger partial charge in [-0.1, -0.05) is 25.1 Å². The molecule has 23 heavy (non-hydrogen) atoms. The minimum Gasteiger partial charge on any atom is -0.330 e. The molecule has 0 aromatic heterocycles. The highest BCUT2D eigenvalue weighted by Crippen LogP contribution is 2.21. The minimum atomic E-state index is -0.243. The molecule has 0 bridgehead atoms. The van der Waals surface area contributed by atoms with Crippen molar-refractivity contribution in [2.45, 2.75) is 11.8 Å². The van der Waals surface area contributed by atoms with Crippen LogP contribution in [-0.2, 0) is 4.79 Å². The lowest BCUT2D eigenvalue weighted by molar-refractivity contribution is -0.121. The largest absolute Gasteiger partial charge is 0.330 e. The summed E-state index contributed by atoms with van der Waals surface area (Å²) in [4.78, 5) is 15.3. The molecule has 5 heteroatoms. The molecule has 0 saturated carbocycles. The Morgan fingerprint density at radius 2 is 1.83 bits per heavy atom. The third-order valence-corrected chi connectivity index (χ3v) is 4.50. The Bertz CT molecular complexity index is 619. The Hall–Kier alpha value is -1.85. The van der Waals surface area contributed by atoms with E-state index in [0.29, 0.717) is 13.1 Å². The van der Waals surface area contributed by atoms with Gasteiger partial charge in [-0.25, -0.2) is 4.39 Å². The number of halogens is 1. The summed E-state index contributed by atoms with van der Waals surface area (Å²) in [5, 5.41) is 0. The fourth-order valence-electron chi connectivity index (χ4n) is 2.13. The summed E-state index contributed by atoms with van der Waals surface area (Å²) in [5.74, 6) is 0.292. The van der Waals surface area contributed by atoms with E-state index in [4.69, 9.17) is 5.73 Å². The molecule has 0 aliphatic carbocycles. The predicted octanol–water partition coefficient (Wildman–Crippen LogP) is 3.55. The summed E-state index contributed by atoms with van der Waals surface area (Å²) in [7, 11) is 0. The van der Waals surface area contributed by atoms with Crippen LogP contribution in [0.4, 0.5) is 10.1 Å². The van der Waals surface area contributed by atoms with Crippen LogP contribution in [0.5, 0.6) is 0 Å². The van der Waals surface area contributed by atoms with Crippen LogP contribution in [0.2, 0.25) is 0 Å². The van der Waals surface area contributed by atoms with E-state index in [1.807, 2.05) is 37.3 Å². The van der Waals surface area contributed by atoms with E-state index in [2.05, 4.69) is 0 Å². The third kappa shape index (κ3) is 5.08. The molecule has 122 valence electrons. The molecule has 2 aromatic carbocycles. The van der Waals surface area contributed by atoms with Crippen molar-refractivity contribution in [1.82, 2.24) is 0 Å². The van der Waals surface area contributed by atoms with E-state index in [-0.39, 0.29) is 17.6 Å². The zero-order chi connectivity index (χ0) is 16.7. The molecule has 0 spiro atoms. The molecule has 1 amide bonds. The van der Waals surface area contributed by atoms with Gasteiger partial charge in [-0.05, 0) is 36.4 Å². The Morgan fingerprint density at radius 3 is 2.43 bits per heavy atom. The molecule has 3 nitrogen and oxygen atoms in total. The third-order valence-electron chi connectivity index (χ3n) is 3.51. The van der Waals surface area contributed by atoms with Crippen LogP contribution in [0.1, 0.15) is 6.92 Å². The van der Waals surface area contributed by atoms with Crippen molar-refractivity contribution < 1.29 is 9.18 Å². The quantitative estimate of drug-likeness (QED) is 0.789. The molecular weight excluding hydrogens is 311 g/mol. The van der Waals surface area contributed by atoms with E-state index in [1.165, 1.54) is 12.1 Å². The number of benzene rings is 2. The topological polar surface area (TPSA) is 46.3 Å². The lowest BCUT2D eigenvalue weighted by atomic mass is 10.1. The zero-order valence-electron chi connectivity index (χ0n) is 13.1. The molecular formula is C18H21FN2OS. The van der Waals surface area contributed by atoms with Crippen LogP contribution in [-0.4, -0.2) is 24.7 Å². The number of amides is 1. The SMILES string of the molecule is CC(CN)C(=O)N(CCSc1ccc(F)cc1)c1ccccc1. The number of carbonyl (C=O) groups excluding carboxylic acids is 1. The van der Waals surface area contributed by atoms with Gasteiger partial charge in [-0.3, -0.25) is 4.79 Å². The molecule has 1 unspecified atom stereocenters. The number of anilines is 1. The van der Waals surface area contributed by atoms with Crippen LogP contribution in [0.15, 0.2) is 59.5 Å². The van der Waals surface area contributed by atoms with Gasteiger partial charge in [0, 0.05) is 35.3 Å². The zero-order valence-corrected chi connectivity index (χ0v) is 13.9. The molecule has 0 aliphatic heterocycles. The second-order valence-corrected chi connectivity index (χ2v) is 6.43. The number of thioether (sulfide) groups is 1. The van der Waals surface area contributed by atoms with E-state index in [9.17, 15) is 9.18 Å². The monoisotopic (exact) mass is 332 g/mol. The van der Waals surface area contributed by atoms with E-state index < -0.39 is 0 Å². The van der Waals surface area contributed by atoms with Gasteiger partial charge in [-0.15, -0.1) is 11.8 Å². The summed E-state index contributed by atoms with van der Waals surface area (Å²) < 4.78 is 12.9. The highest BCUT2D eigenvalue weighted by molar-refractivity contribution is 7.99. The Kier molecular flexibility index (Phi) is 6.62. The summed E-state index contributed by atoms with van der Waals surface area (Å²) in [6, 6.07) is 16.0. The Balaban J connectivity index is 2.03.